The van der Waals surface area contributed by atoms with Gasteiger partial charge in [-0.2, -0.15) is 0 Å². The van der Waals surface area contributed by atoms with E-state index in [-0.39, 0.29) is 18.2 Å². The Kier molecular flexibility index (Phi) is 4.97. The topological polar surface area (TPSA) is 71.7 Å². The molecule has 25 heavy (non-hydrogen) atoms. The summed E-state index contributed by atoms with van der Waals surface area (Å²) in [4.78, 5) is 4.48. The molecule has 4 rings (SSSR count). The molecule has 0 aromatic carbocycles. The largest absolute Gasteiger partial charge is 0.393 e. The number of aliphatic hydroxyl groups is 1. The molecule has 0 radical (unpaired) electrons. The molecule has 1 aliphatic heterocycles. The van der Waals surface area contributed by atoms with Crippen molar-refractivity contribution in [3.05, 3.63) is 22.4 Å². The maximum Gasteiger partial charge on any atom is 0.241 e. The highest BCUT2D eigenvalue weighted by molar-refractivity contribution is 9.10. The molecule has 6 nitrogen and oxygen atoms in total. The van der Waals surface area contributed by atoms with Crippen LogP contribution in [0.3, 0.4) is 0 Å². The Morgan fingerprint density at radius 2 is 2.12 bits per heavy atom. The zero-order valence-electron chi connectivity index (χ0n) is 14.5. The highest BCUT2D eigenvalue weighted by atomic mass is 79.9. The van der Waals surface area contributed by atoms with Crippen molar-refractivity contribution in [2.75, 3.05) is 11.9 Å². The number of hydrogen-bond donors (Lipinski definition) is 2. The van der Waals surface area contributed by atoms with E-state index in [1.54, 1.807) is 0 Å². The minimum Gasteiger partial charge on any atom is -0.393 e. The Balaban J connectivity index is 1.59. The van der Waals surface area contributed by atoms with Gasteiger partial charge >= 0.3 is 0 Å². The third kappa shape index (κ3) is 3.55. The molecule has 0 bridgehead atoms. The lowest BCUT2D eigenvalue weighted by molar-refractivity contribution is 0.0994. The summed E-state index contributed by atoms with van der Waals surface area (Å²) in [7, 11) is 0. The first-order valence-corrected chi connectivity index (χ1v) is 10.0. The van der Waals surface area contributed by atoms with Gasteiger partial charge < -0.3 is 15.2 Å². The summed E-state index contributed by atoms with van der Waals surface area (Å²) in [6.07, 6.45) is 7.88. The van der Waals surface area contributed by atoms with Crippen LogP contribution in [0.25, 0.3) is 5.52 Å². The van der Waals surface area contributed by atoms with Crippen molar-refractivity contribution in [2.24, 2.45) is 0 Å². The van der Waals surface area contributed by atoms with Crippen LogP contribution in [0.5, 0.6) is 0 Å². The third-order valence-corrected chi connectivity index (χ3v) is 6.13. The molecule has 7 heteroatoms. The Morgan fingerprint density at radius 1 is 1.32 bits per heavy atom. The van der Waals surface area contributed by atoms with Crippen LogP contribution in [-0.4, -0.2) is 44.6 Å². The molecule has 2 aromatic heterocycles. The first-order chi connectivity index (χ1) is 12.1. The van der Waals surface area contributed by atoms with E-state index < -0.39 is 0 Å². The quantitative estimate of drug-likeness (QED) is 0.809. The molecule has 2 fully saturated rings. The van der Waals surface area contributed by atoms with Crippen LogP contribution in [0.4, 0.5) is 5.95 Å². The van der Waals surface area contributed by atoms with E-state index >= 15 is 0 Å². The van der Waals surface area contributed by atoms with Gasteiger partial charge in [0.2, 0.25) is 5.95 Å². The number of fused-ring (bicyclic) bond motifs is 1. The van der Waals surface area contributed by atoms with E-state index in [4.69, 9.17) is 9.84 Å². The van der Waals surface area contributed by atoms with E-state index in [0.29, 0.717) is 11.9 Å². The van der Waals surface area contributed by atoms with E-state index in [1.807, 2.05) is 10.7 Å². The SMILES string of the molecule is CC(Nc1ncc2c(Br)cc([C@H]3CC[C@H](O)CC3)n2n1)C1CCCO1. The van der Waals surface area contributed by atoms with Crippen LogP contribution in [-0.2, 0) is 4.74 Å². The Bertz CT molecular complexity index is 736. The van der Waals surface area contributed by atoms with Crippen molar-refractivity contribution in [3.8, 4) is 0 Å². The monoisotopic (exact) mass is 408 g/mol. The van der Waals surface area contributed by atoms with Crippen molar-refractivity contribution in [3.63, 3.8) is 0 Å². The first-order valence-electron chi connectivity index (χ1n) is 9.22. The summed E-state index contributed by atoms with van der Waals surface area (Å²) in [5, 5.41) is 17.9. The third-order valence-electron chi connectivity index (χ3n) is 5.49. The molecule has 1 saturated heterocycles. The Hall–Kier alpha value is -1.18. The summed E-state index contributed by atoms with van der Waals surface area (Å²) < 4.78 is 8.78. The molecule has 136 valence electrons. The average molecular weight is 409 g/mol. The number of anilines is 1. The van der Waals surface area contributed by atoms with E-state index in [9.17, 15) is 5.11 Å². The number of aliphatic hydroxyl groups excluding tert-OH is 1. The molecule has 3 heterocycles. The molecule has 2 atom stereocenters. The fourth-order valence-corrected chi connectivity index (χ4v) is 4.50. The van der Waals surface area contributed by atoms with Crippen LogP contribution in [0, 0.1) is 0 Å². The number of rotatable bonds is 4. The summed E-state index contributed by atoms with van der Waals surface area (Å²) in [5.74, 6) is 1.07. The van der Waals surface area contributed by atoms with Crippen molar-refractivity contribution < 1.29 is 9.84 Å². The standard InChI is InChI=1S/C18H25BrN4O2/c1-11(17-3-2-8-25-17)21-18-20-10-16-14(19)9-15(23(16)22-18)12-4-6-13(24)7-5-12/h9-13,17,24H,2-8H2,1H3,(H,21,22)/t11?,12-,13-,17?. The maximum atomic E-state index is 9.78. The zero-order chi connectivity index (χ0) is 17.4. The van der Waals surface area contributed by atoms with Crippen molar-refractivity contribution in [1.82, 2.24) is 14.6 Å². The van der Waals surface area contributed by atoms with Gasteiger partial charge in [0.1, 0.15) is 0 Å². The number of aromatic nitrogens is 3. The van der Waals surface area contributed by atoms with E-state index in [1.165, 1.54) is 5.69 Å². The highest BCUT2D eigenvalue weighted by Crippen LogP contribution is 2.36. The number of halogens is 1. The Morgan fingerprint density at radius 3 is 2.84 bits per heavy atom. The van der Waals surface area contributed by atoms with Gasteiger partial charge in [0.05, 0.1) is 30.0 Å². The second-order valence-corrected chi connectivity index (χ2v) is 8.14. The summed E-state index contributed by atoms with van der Waals surface area (Å²) in [5.41, 5.74) is 2.18. The fraction of sp³-hybridized carbons (Fsp3) is 0.667. The molecule has 1 saturated carbocycles. The summed E-state index contributed by atoms with van der Waals surface area (Å²) in [6.45, 7) is 2.97. The van der Waals surface area contributed by atoms with Crippen LogP contribution < -0.4 is 5.32 Å². The minimum absolute atomic E-state index is 0.148. The number of ether oxygens (including phenoxy) is 1. The second kappa shape index (κ2) is 7.21. The number of nitrogens with zero attached hydrogens (tertiary/aromatic N) is 3. The van der Waals surface area contributed by atoms with Crippen LogP contribution in [0.1, 0.15) is 57.1 Å². The van der Waals surface area contributed by atoms with Gasteiger partial charge in [0.25, 0.3) is 0 Å². The van der Waals surface area contributed by atoms with Crippen molar-refractivity contribution >= 4 is 27.4 Å². The van der Waals surface area contributed by atoms with Gasteiger partial charge in [-0.15, -0.1) is 5.10 Å². The second-order valence-electron chi connectivity index (χ2n) is 7.29. The molecule has 2 aromatic rings. The van der Waals surface area contributed by atoms with Gasteiger partial charge in [0.15, 0.2) is 0 Å². The maximum absolute atomic E-state index is 9.78. The molecular formula is C18H25BrN4O2. The van der Waals surface area contributed by atoms with E-state index in [0.717, 1.165) is 55.1 Å². The molecule has 2 unspecified atom stereocenters. The lowest BCUT2D eigenvalue weighted by Crippen LogP contribution is -2.31. The van der Waals surface area contributed by atoms with E-state index in [2.05, 4.69) is 39.2 Å². The molecule has 0 amide bonds. The van der Waals surface area contributed by atoms with Crippen molar-refractivity contribution in [2.45, 2.75) is 69.6 Å². The van der Waals surface area contributed by atoms with Crippen molar-refractivity contribution in [1.29, 1.82) is 0 Å². The molecule has 2 aliphatic rings. The van der Waals surface area contributed by atoms with Crippen LogP contribution >= 0.6 is 15.9 Å². The smallest absolute Gasteiger partial charge is 0.241 e. The normalized spacial score (nSPS) is 28.4. The zero-order valence-corrected chi connectivity index (χ0v) is 16.1. The molecule has 2 N–H and O–H groups in total. The fourth-order valence-electron chi connectivity index (χ4n) is 4.00. The van der Waals surface area contributed by atoms with Gasteiger partial charge in [-0.1, -0.05) is 0 Å². The molecule has 0 spiro atoms. The molecule has 1 aliphatic carbocycles. The lowest BCUT2D eigenvalue weighted by Gasteiger charge is -2.25. The van der Waals surface area contributed by atoms with Gasteiger partial charge in [0, 0.05) is 22.7 Å². The first kappa shape index (κ1) is 17.2. The summed E-state index contributed by atoms with van der Waals surface area (Å²) in [6, 6.07) is 2.34. The number of nitrogens with one attached hydrogen (secondary N) is 1. The predicted octanol–water partition coefficient (Wildman–Crippen LogP) is 3.49. The molecular weight excluding hydrogens is 384 g/mol. The van der Waals surface area contributed by atoms with Gasteiger partial charge in [-0.05, 0) is 67.4 Å². The minimum atomic E-state index is -0.148. The number of hydrogen-bond acceptors (Lipinski definition) is 5. The van der Waals surface area contributed by atoms with Gasteiger partial charge in [-0.25, -0.2) is 9.50 Å². The highest BCUT2D eigenvalue weighted by Gasteiger charge is 2.26. The Labute approximate surface area is 156 Å². The van der Waals surface area contributed by atoms with Crippen LogP contribution in [0.15, 0.2) is 16.7 Å². The lowest BCUT2D eigenvalue weighted by atomic mass is 9.85. The summed E-state index contributed by atoms with van der Waals surface area (Å²) >= 11 is 3.63. The average Bonchev–Trinajstić information content (AvgIpc) is 3.24. The van der Waals surface area contributed by atoms with Gasteiger partial charge in [-0.3, -0.25) is 0 Å². The van der Waals surface area contributed by atoms with Crippen LogP contribution in [0.2, 0.25) is 0 Å². The predicted molar refractivity (Wildman–Crippen MR) is 100.0 cm³/mol.